The predicted octanol–water partition coefficient (Wildman–Crippen LogP) is 2.21. The van der Waals surface area contributed by atoms with E-state index in [-0.39, 0.29) is 5.91 Å². The molecule has 2 heterocycles. The zero-order valence-corrected chi connectivity index (χ0v) is 11.8. The SMILES string of the molecule is CCNc1cnc(C(=O)NCc2cscc2C)cn1. The molecule has 100 valence electrons. The number of hydrogen-bond donors (Lipinski definition) is 2. The molecule has 0 unspecified atom stereocenters. The van der Waals surface area contributed by atoms with E-state index in [1.54, 1.807) is 17.5 Å². The van der Waals surface area contributed by atoms with Crippen molar-refractivity contribution in [3.8, 4) is 0 Å². The van der Waals surface area contributed by atoms with Crippen molar-refractivity contribution in [1.82, 2.24) is 15.3 Å². The van der Waals surface area contributed by atoms with Crippen molar-refractivity contribution < 1.29 is 4.79 Å². The monoisotopic (exact) mass is 276 g/mol. The van der Waals surface area contributed by atoms with Gasteiger partial charge in [-0.25, -0.2) is 9.97 Å². The highest BCUT2D eigenvalue weighted by molar-refractivity contribution is 7.08. The van der Waals surface area contributed by atoms with E-state index < -0.39 is 0 Å². The maximum atomic E-state index is 11.9. The Hall–Kier alpha value is -1.95. The summed E-state index contributed by atoms with van der Waals surface area (Å²) in [6, 6.07) is 0. The molecule has 1 amide bonds. The summed E-state index contributed by atoms with van der Waals surface area (Å²) in [4.78, 5) is 20.1. The smallest absolute Gasteiger partial charge is 0.271 e. The van der Waals surface area contributed by atoms with Crippen LogP contribution in [0.25, 0.3) is 0 Å². The van der Waals surface area contributed by atoms with Crippen LogP contribution in [0.3, 0.4) is 0 Å². The van der Waals surface area contributed by atoms with Crippen LogP contribution in [0, 0.1) is 6.92 Å². The Kier molecular flexibility index (Phi) is 4.46. The van der Waals surface area contributed by atoms with E-state index >= 15 is 0 Å². The second-order valence-corrected chi connectivity index (χ2v) is 4.82. The van der Waals surface area contributed by atoms with Crippen LogP contribution in [0.2, 0.25) is 0 Å². The minimum Gasteiger partial charge on any atom is -0.369 e. The van der Waals surface area contributed by atoms with Crippen LogP contribution in [0.15, 0.2) is 23.2 Å². The van der Waals surface area contributed by atoms with Crippen LogP contribution in [0.1, 0.15) is 28.5 Å². The Morgan fingerprint density at radius 1 is 1.32 bits per heavy atom. The van der Waals surface area contributed by atoms with Gasteiger partial charge in [-0.2, -0.15) is 11.3 Å². The van der Waals surface area contributed by atoms with Gasteiger partial charge >= 0.3 is 0 Å². The van der Waals surface area contributed by atoms with Gasteiger partial charge in [0.05, 0.1) is 12.4 Å². The third kappa shape index (κ3) is 3.51. The number of nitrogens with zero attached hydrogens (tertiary/aromatic N) is 2. The van der Waals surface area contributed by atoms with Gasteiger partial charge in [0.15, 0.2) is 0 Å². The van der Waals surface area contributed by atoms with E-state index in [1.165, 1.54) is 11.8 Å². The van der Waals surface area contributed by atoms with Crippen molar-refractivity contribution >= 4 is 23.1 Å². The molecular weight excluding hydrogens is 260 g/mol. The number of carbonyl (C=O) groups excluding carboxylic acids is 1. The largest absolute Gasteiger partial charge is 0.369 e. The number of nitrogens with one attached hydrogen (secondary N) is 2. The second kappa shape index (κ2) is 6.29. The molecule has 19 heavy (non-hydrogen) atoms. The third-order valence-corrected chi connectivity index (χ3v) is 3.55. The molecule has 5 nitrogen and oxygen atoms in total. The summed E-state index contributed by atoms with van der Waals surface area (Å²) in [5.74, 6) is 0.467. The molecule has 0 aromatic carbocycles. The maximum absolute atomic E-state index is 11.9. The normalized spacial score (nSPS) is 10.2. The van der Waals surface area contributed by atoms with E-state index in [9.17, 15) is 4.79 Å². The van der Waals surface area contributed by atoms with Crippen LogP contribution < -0.4 is 10.6 Å². The minimum atomic E-state index is -0.207. The molecule has 0 saturated heterocycles. The molecule has 6 heteroatoms. The second-order valence-electron chi connectivity index (χ2n) is 4.08. The number of hydrogen-bond acceptors (Lipinski definition) is 5. The predicted molar refractivity (Wildman–Crippen MR) is 76.4 cm³/mol. The van der Waals surface area contributed by atoms with Crippen LogP contribution in [-0.4, -0.2) is 22.4 Å². The molecule has 0 spiro atoms. The minimum absolute atomic E-state index is 0.207. The Balaban J connectivity index is 1.94. The van der Waals surface area contributed by atoms with Crippen LogP contribution in [0.5, 0.6) is 0 Å². The average molecular weight is 276 g/mol. The number of amides is 1. The lowest BCUT2D eigenvalue weighted by Crippen LogP contribution is -2.24. The molecule has 2 aromatic heterocycles. The van der Waals surface area contributed by atoms with Gasteiger partial charge in [0.25, 0.3) is 5.91 Å². The van der Waals surface area contributed by atoms with E-state index in [1.807, 2.05) is 19.2 Å². The topological polar surface area (TPSA) is 66.9 Å². The standard InChI is InChI=1S/C13H16N4OS/c1-3-14-12-6-15-11(5-16-12)13(18)17-4-10-8-19-7-9(10)2/h5-8H,3-4H2,1-2H3,(H,14,16)(H,17,18). The van der Waals surface area contributed by atoms with Gasteiger partial charge < -0.3 is 10.6 Å². The highest BCUT2D eigenvalue weighted by atomic mass is 32.1. The van der Waals surface area contributed by atoms with Crippen LogP contribution in [0.4, 0.5) is 5.82 Å². The summed E-state index contributed by atoms with van der Waals surface area (Å²) < 4.78 is 0. The van der Waals surface area contributed by atoms with Gasteiger partial charge in [-0.15, -0.1) is 0 Å². The van der Waals surface area contributed by atoms with Gasteiger partial charge in [-0.3, -0.25) is 4.79 Å². The summed E-state index contributed by atoms with van der Waals surface area (Å²) in [5, 5.41) is 9.97. The number of aromatic nitrogens is 2. The molecule has 0 saturated carbocycles. The molecule has 0 aliphatic rings. The first-order valence-electron chi connectivity index (χ1n) is 6.06. The molecule has 2 N–H and O–H groups in total. The van der Waals surface area contributed by atoms with Crippen molar-refractivity contribution in [1.29, 1.82) is 0 Å². The van der Waals surface area contributed by atoms with Crippen molar-refractivity contribution in [2.24, 2.45) is 0 Å². The fourth-order valence-electron chi connectivity index (χ4n) is 1.55. The summed E-state index contributed by atoms with van der Waals surface area (Å²) in [6.45, 7) is 5.30. The zero-order chi connectivity index (χ0) is 13.7. The summed E-state index contributed by atoms with van der Waals surface area (Å²) >= 11 is 1.63. The summed E-state index contributed by atoms with van der Waals surface area (Å²) in [7, 11) is 0. The Morgan fingerprint density at radius 3 is 2.74 bits per heavy atom. The van der Waals surface area contributed by atoms with Crippen molar-refractivity contribution in [2.45, 2.75) is 20.4 Å². The number of rotatable bonds is 5. The molecular formula is C13H16N4OS. The fourth-order valence-corrected chi connectivity index (χ4v) is 2.41. The van der Waals surface area contributed by atoms with Crippen molar-refractivity contribution in [3.05, 3.63) is 40.0 Å². The number of anilines is 1. The van der Waals surface area contributed by atoms with E-state index in [0.717, 1.165) is 12.1 Å². The van der Waals surface area contributed by atoms with Crippen LogP contribution >= 0.6 is 11.3 Å². The lowest BCUT2D eigenvalue weighted by molar-refractivity contribution is 0.0945. The molecule has 2 rings (SSSR count). The molecule has 0 fully saturated rings. The summed E-state index contributed by atoms with van der Waals surface area (Å²) in [5.41, 5.74) is 2.66. The molecule has 0 aliphatic heterocycles. The Bertz CT molecular complexity index is 550. The van der Waals surface area contributed by atoms with Gasteiger partial charge in [0.2, 0.25) is 0 Å². The third-order valence-electron chi connectivity index (χ3n) is 2.64. The lowest BCUT2D eigenvalue weighted by Gasteiger charge is -2.05. The Labute approximate surface area is 116 Å². The lowest BCUT2D eigenvalue weighted by atomic mass is 10.2. The molecule has 0 atom stereocenters. The number of carbonyl (C=O) groups is 1. The van der Waals surface area contributed by atoms with Gasteiger partial charge in [0, 0.05) is 13.1 Å². The fraction of sp³-hybridized carbons (Fsp3) is 0.308. The van der Waals surface area contributed by atoms with Crippen molar-refractivity contribution in [2.75, 3.05) is 11.9 Å². The van der Waals surface area contributed by atoms with Crippen molar-refractivity contribution in [3.63, 3.8) is 0 Å². The first kappa shape index (κ1) is 13.5. The van der Waals surface area contributed by atoms with E-state index in [0.29, 0.717) is 18.1 Å². The molecule has 0 radical (unpaired) electrons. The molecule has 0 aliphatic carbocycles. The van der Waals surface area contributed by atoms with E-state index in [2.05, 4.69) is 26.0 Å². The summed E-state index contributed by atoms with van der Waals surface area (Å²) in [6.07, 6.45) is 3.04. The van der Waals surface area contributed by atoms with Gasteiger partial charge in [0.1, 0.15) is 11.5 Å². The van der Waals surface area contributed by atoms with Crippen LogP contribution in [-0.2, 0) is 6.54 Å². The Morgan fingerprint density at radius 2 is 2.16 bits per heavy atom. The number of aryl methyl sites for hydroxylation is 1. The first-order valence-corrected chi connectivity index (χ1v) is 7.00. The average Bonchev–Trinajstić information content (AvgIpc) is 2.83. The quantitative estimate of drug-likeness (QED) is 0.878. The zero-order valence-electron chi connectivity index (χ0n) is 10.9. The molecule has 0 bridgehead atoms. The van der Waals surface area contributed by atoms with Gasteiger partial charge in [-0.1, -0.05) is 0 Å². The highest BCUT2D eigenvalue weighted by Crippen LogP contribution is 2.13. The first-order chi connectivity index (χ1) is 9.20. The highest BCUT2D eigenvalue weighted by Gasteiger charge is 2.08. The van der Waals surface area contributed by atoms with Gasteiger partial charge in [-0.05, 0) is 35.7 Å². The maximum Gasteiger partial charge on any atom is 0.271 e. The number of thiophene rings is 1. The molecule has 2 aromatic rings. The van der Waals surface area contributed by atoms with E-state index in [4.69, 9.17) is 0 Å².